The molecular formula is C11H11N3O3. The fourth-order valence-corrected chi connectivity index (χ4v) is 2.12. The number of rotatable bonds is 2. The molecule has 1 saturated heterocycles. The fourth-order valence-electron chi connectivity index (χ4n) is 2.12. The van der Waals surface area contributed by atoms with Crippen molar-refractivity contribution in [1.29, 1.82) is 0 Å². The van der Waals surface area contributed by atoms with Crippen molar-refractivity contribution in [3.63, 3.8) is 0 Å². The van der Waals surface area contributed by atoms with Gasteiger partial charge in [-0.3, -0.25) is 4.40 Å². The smallest absolute Gasteiger partial charge is 0.356 e. The Labute approximate surface area is 96.9 Å². The molecule has 1 unspecified atom stereocenters. The largest absolute Gasteiger partial charge is 0.476 e. The maximum Gasteiger partial charge on any atom is 0.356 e. The summed E-state index contributed by atoms with van der Waals surface area (Å²) in [6.07, 6.45) is 4.11. The Morgan fingerprint density at radius 2 is 2.47 bits per heavy atom. The quantitative estimate of drug-likeness (QED) is 0.835. The van der Waals surface area contributed by atoms with E-state index in [0.717, 1.165) is 18.7 Å². The van der Waals surface area contributed by atoms with E-state index in [1.165, 1.54) is 6.20 Å². The van der Waals surface area contributed by atoms with Crippen molar-refractivity contribution < 1.29 is 14.6 Å². The summed E-state index contributed by atoms with van der Waals surface area (Å²) in [4.78, 5) is 18.9. The normalized spacial score (nSPS) is 19.9. The second-order valence-electron chi connectivity index (χ2n) is 4.03. The van der Waals surface area contributed by atoms with Crippen LogP contribution in [0.1, 0.15) is 28.5 Å². The van der Waals surface area contributed by atoms with Gasteiger partial charge >= 0.3 is 5.97 Å². The predicted molar refractivity (Wildman–Crippen MR) is 58.1 cm³/mol. The second kappa shape index (κ2) is 3.81. The molecule has 0 amide bonds. The van der Waals surface area contributed by atoms with Gasteiger partial charge in [-0.05, 0) is 12.5 Å². The lowest BCUT2D eigenvalue weighted by Crippen LogP contribution is -2.05. The van der Waals surface area contributed by atoms with Crippen LogP contribution in [0.15, 0.2) is 18.5 Å². The first-order valence-electron chi connectivity index (χ1n) is 5.41. The summed E-state index contributed by atoms with van der Waals surface area (Å²) in [5.74, 6) is -0.327. The van der Waals surface area contributed by atoms with Gasteiger partial charge in [0.2, 0.25) is 5.78 Å². The Bertz CT molecular complexity index is 572. The van der Waals surface area contributed by atoms with Crippen LogP contribution in [0, 0.1) is 0 Å². The summed E-state index contributed by atoms with van der Waals surface area (Å²) < 4.78 is 7.08. The maximum absolute atomic E-state index is 10.9. The van der Waals surface area contributed by atoms with Crippen LogP contribution >= 0.6 is 0 Å². The minimum Gasteiger partial charge on any atom is -0.476 e. The molecule has 2 aromatic heterocycles. The van der Waals surface area contributed by atoms with Crippen LogP contribution in [0.4, 0.5) is 0 Å². The monoisotopic (exact) mass is 233 g/mol. The Hall–Kier alpha value is -1.95. The van der Waals surface area contributed by atoms with Crippen LogP contribution in [0.3, 0.4) is 0 Å². The lowest BCUT2D eigenvalue weighted by molar-refractivity contribution is 0.0691. The molecule has 0 aliphatic carbocycles. The van der Waals surface area contributed by atoms with E-state index in [4.69, 9.17) is 9.84 Å². The third kappa shape index (κ3) is 1.66. The first kappa shape index (κ1) is 10.2. The Kier molecular flexibility index (Phi) is 2.29. The number of ether oxygens (including phenoxy) is 1. The van der Waals surface area contributed by atoms with Crippen LogP contribution in [0.5, 0.6) is 0 Å². The number of aromatic nitrogens is 3. The second-order valence-corrected chi connectivity index (χ2v) is 4.03. The van der Waals surface area contributed by atoms with Crippen LogP contribution in [0.25, 0.3) is 5.78 Å². The van der Waals surface area contributed by atoms with Gasteiger partial charge in [0.25, 0.3) is 0 Å². The summed E-state index contributed by atoms with van der Waals surface area (Å²) in [6.45, 7) is 1.41. The SMILES string of the molecule is O=C(O)c1cn2c(C3CCOC3)ccnc2n1. The van der Waals surface area contributed by atoms with Crippen molar-refractivity contribution in [2.24, 2.45) is 0 Å². The summed E-state index contributed by atoms with van der Waals surface area (Å²) in [6, 6.07) is 1.89. The van der Waals surface area contributed by atoms with E-state index in [9.17, 15) is 4.79 Å². The van der Waals surface area contributed by atoms with Gasteiger partial charge in [-0.25, -0.2) is 14.8 Å². The van der Waals surface area contributed by atoms with E-state index >= 15 is 0 Å². The molecule has 0 spiro atoms. The first-order chi connectivity index (χ1) is 8.25. The number of hydrogen-bond donors (Lipinski definition) is 1. The van der Waals surface area contributed by atoms with Gasteiger partial charge in [-0.2, -0.15) is 0 Å². The minimum atomic E-state index is -1.04. The molecule has 0 radical (unpaired) electrons. The summed E-state index contributed by atoms with van der Waals surface area (Å²) in [7, 11) is 0. The standard InChI is InChI=1S/C11H11N3O3/c15-10(16)8-5-14-9(7-2-4-17-6-7)1-3-12-11(14)13-8/h1,3,5,7H,2,4,6H2,(H,15,16). The van der Waals surface area contributed by atoms with Crippen molar-refractivity contribution in [3.05, 3.63) is 29.8 Å². The molecule has 0 aromatic carbocycles. The number of carboxylic acid groups (broad SMARTS) is 1. The van der Waals surface area contributed by atoms with Gasteiger partial charge in [0.1, 0.15) is 0 Å². The molecule has 1 atom stereocenters. The number of nitrogens with zero attached hydrogens (tertiary/aromatic N) is 3. The molecule has 1 aliphatic rings. The summed E-state index contributed by atoms with van der Waals surface area (Å²) >= 11 is 0. The summed E-state index contributed by atoms with van der Waals surface area (Å²) in [5.41, 5.74) is 1.02. The predicted octanol–water partition coefficient (Wildman–Crippen LogP) is 0.931. The van der Waals surface area contributed by atoms with E-state index < -0.39 is 5.97 Å². The van der Waals surface area contributed by atoms with Crippen molar-refractivity contribution >= 4 is 11.7 Å². The number of aromatic carboxylic acids is 1. The topological polar surface area (TPSA) is 76.7 Å². The third-order valence-electron chi connectivity index (χ3n) is 2.97. The Morgan fingerprint density at radius 3 is 3.18 bits per heavy atom. The van der Waals surface area contributed by atoms with Crippen LogP contribution < -0.4 is 0 Å². The third-order valence-corrected chi connectivity index (χ3v) is 2.97. The lowest BCUT2D eigenvalue weighted by atomic mass is 10.1. The molecule has 6 nitrogen and oxygen atoms in total. The number of imidazole rings is 1. The van der Waals surface area contributed by atoms with Gasteiger partial charge < -0.3 is 9.84 Å². The van der Waals surface area contributed by atoms with E-state index in [-0.39, 0.29) is 11.6 Å². The number of hydrogen-bond acceptors (Lipinski definition) is 4. The number of carbonyl (C=O) groups is 1. The molecule has 6 heteroatoms. The average molecular weight is 233 g/mol. The zero-order valence-electron chi connectivity index (χ0n) is 9.04. The zero-order chi connectivity index (χ0) is 11.8. The molecule has 1 aliphatic heterocycles. The van der Waals surface area contributed by atoms with Gasteiger partial charge in [-0.1, -0.05) is 0 Å². The van der Waals surface area contributed by atoms with Crippen molar-refractivity contribution in [2.45, 2.75) is 12.3 Å². The highest BCUT2D eigenvalue weighted by atomic mass is 16.5. The minimum absolute atomic E-state index is 0.0175. The van der Waals surface area contributed by atoms with Crippen LogP contribution in [0.2, 0.25) is 0 Å². The van der Waals surface area contributed by atoms with E-state index in [1.807, 2.05) is 6.07 Å². The molecule has 88 valence electrons. The van der Waals surface area contributed by atoms with E-state index in [0.29, 0.717) is 12.4 Å². The van der Waals surface area contributed by atoms with Gasteiger partial charge in [0.15, 0.2) is 5.69 Å². The van der Waals surface area contributed by atoms with Crippen LogP contribution in [-0.2, 0) is 4.74 Å². The molecule has 17 heavy (non-hydrogen) atoms. The highest BCUT2D eigenvalue weighted by Crippen LogP contribution is 2.25. The lowest BCUT2D eigenvalue weighted by Gasteiger charge is -2.09. The number of fused-ring (bicyclic) bond motifs is 1. The highest BCUT2D eigenvalue weighted by Gasteiger charge is 2.21. The fraction of sp³-hybridized carbons (Fsp3) is 0.364. The highest BCUT2D eigenvalue weighted by molar-refractivity contribution is 5.85. The van der Waals surface area contributed by atoms with Gasteiger partial charge in [0.05, 0.1) is 6.61 Å². The Balaban J connectivity index is 2.14. The van der Waals surface area contributed by atoms with Crippen molar-refractivity contribution in [2.75, 3.05) is 13.2 Å². The molecule has 3 rings (SSSR count). The number of carboxylic acids is 1. The zero-order valence-corrected chi connectivity index (χ0v) is 9.04. The van der Waals surface area contributed by atoms with E-state index in [2.05, 4.69) is 9.97 Å². The molecule has 0 saturated carbocycles. The maximum atomic E-state index is 10.9. The molecular weight excluding hydrogens is 222 g/mol. The van der Waals surface area contributed by atoms with Gasteiger partial charge in [-0.15, -0.1) is 0 Å². The van der Waals surface area contributed by atoms with Crippen LogP contribution in [-0.4, -0.2) is 38.7 Å². The Morgan fingerprint density at radius 1 is 1.59 bits per heavy atom. The van der Waals surface area contributed by atoms with E-state index in [1.54, 1.807) is 10.6 Å². The molecule has 3 heterocycles. The average Bonchev–Trinajstić information content (AvgIpc) is 2.97. The molecule has 1 N–H and O–H groups in total. The van der Waals surface area contributed by atoms with Crippen molar-refractivity contribution in [3.8, 4) is 0 Å². The molecule has 1 fully saturated rings. The van der Waals surface area contributed by atoms with Crippen molar-refractivity contribution in [1.82, 2.24) is 14.4 Å². The molecule has 2 aromatic rings. The first-order valence-corrected chi connectivity index (χ1v) is 5.41. The van der Waals surface area contributed by atoms with Gasteiger partial charge in [0, 0.05) is 30.6 Å². The molecule has 0 bridgehead atoms. The summed E-state index contributed by atoms with van der Waals surface area (Å²) in [5, 5.41) is 8.91.